The van der Waals surface area contributed by atoms with Gasteiger partial charge in [0.05, 0.1) is 0 Å². The molecule has 0 unspecified atom stereocenters. The van der Waals surface area contributed by atoms with Gasteiger partial charge >= 0.3 is 0 Å². The molecule has 1 aliphatic rings. The second kappa shape index (κ2) is 2.90. The number of hydrogen-bond donors (Lipinski definition) is 2. The van der Waals surface area contributed by atoms with Crippen molar-refractivity contribution in [2.75, 3.05) is 13.1 Å². The molecule has 0 spiro atoms. The van der Waals surface area contributed by atoms with E-state index in [0.717, 1.165) is 19.0 Å². The van der Waals surface area contributed by atoms with Crippen molar-refractivity contribution in [2.45, 2.75) is 19.8 Å². The van der Waals surface area contributed by atoms with E-state index in [1.165, 1.54) is 12.8 Å². The van der Waals surface area contributed by atoms with Gasteiger partial charge in [-0.25, -0.2) is 0 Å². The maximum absolute atomic E-state index is 7.18. The fourth-order valence-corrected chi connectivity index (χ4v) is 1.01. The summed E-state index contributed by atoms with van der Waals surface area (Å²) >= 11 is 0. The molecule has 0 bridgehead atoms. The van der Waals surface area contributed by atoms with E-state index in [9.17, 15) is 0 Å². The average Bonchev–Trinajstić information content (AvgIpc) is 2.64. The first-order valence-corrected chi connectivity index (χ1v) is 3.83. The average molecular weight is 141 g/mol. The van der Waals surface area contributed by atoms with E-state index < -0.39 is 0 Å². The molecular formula is C7H15N3. The summed E-state index contributed by atoms with van der Waals surface area (Å²) in [7, 11) is 0. The molecule has 3 N–H and O–H groups in total. The lowest BCUT2D eigenvalue weighted by atomic mass is 10.4. The summed E-state index contributed by atoms with van der Waals surface area (Å²) < 4.78 is 0. The minimum absolute atomic E-state index is 0.217. The summed E-state index contributed by atoms with van der Waals surface area (Å²) in [6.07, 6.45) is 2.65. The van der Waals surface area contributed by atoms with Crippen LogP contribution in [0.1, 0.15) is 19.8 Å². The molecule has 1 saturated carbocycles. The Kier molecular flexibility index (Phi) is 2.14. The maximum Gasteiger partial charge on any atom is 0.188 e. The Morgan fingerprint density at radius 1 is 1.70 bits per heavy atom. The van der Waals surface area contributed by atoms with Crippen LogP contribution in [0.25, 0.3) is 0 Å². The molecule has 0 saturated heterocycles. The van der Waals surface area contributed by atoms with Crippen LogP contribution in [0.5, 0.6) is 0 Å². The van der Waals surface area contributed by atoms with Crippen molar-refractivity contribution in [3.05, 3.63) is 0 Å². The third-order valence-corrected chi connectivity index (χ3v) is 1.90. The van der Waals surface area contributed by atoms with E-state index in [1.807, 2.05) is 11.8 Å². The highest BCUT2D eigenvalue weighted by atomic mass is 15.2. The Hall–Kier alpha value is -0.730. The third-order valence-electron chi connectivity index (χ3n) is 1.90. The molecule has 0 aromatic carbocycles. The molecule has 0 aliphatic heterocycles. The monoisotopic (exact) mass is 141 g/mol. The molecule has 10 heavy (non-hydrogen) atoms. The number of guanidine groups is 1. The second-order valence-electron chi connectivity index (χ2n) is 2.87. The van der Waals surface area contributed by atoms with E-state index >= 15 is 0 Å². The summed E-state index contributed by atoms with van der Waals surface area (Å²) in [5.74, 6) is 1.04. The molecule has 1 fully saturated rings. The van der Waals surface area contributed by atoms with E-state index in [0.29, 0.717) is 0 Å². The zero-order valence-corrected chi connectivity index (χ0v) is 6.43. The quantitative estimate of drug-likeness (QED) is 0.447. The van der Waals surface area contributed by atoms with E-state index in [-0.39, 0.29) is 5.96 Å². The Morgan fingerprint density at radius 3 is 2.60 bits per heavy atom. The van der Waals surface area contributed by atoms with Gasteiger partial charge in [-0.15, -0.1) is 0 Å². The highest BCUT2D eigenvalue weighted by Crippen LogP contribution is 2.29. The fraction of sp³-hybridized carbons (Fsp3) is 0.857. The summed E-state index contributed by atoms with van der Waals surface area (Å²) in [5, 5.41) is 7.18. The Labute approximate surface area is 61.7 Å². The van der Waals surface area contributed by atoms with Crippen molar-refractivity contribution in [2.24, 2.45) is 11.7 Å². The van der Waals surface area contributed by atoms with Crippen molar-refractivity contribution in [3.63, 3.8) is 0 Å². The highest BCUT2D eigenvalue weighted by Gasteiger charge is 2.23. The van der Waals surface area contributed by atoms with Crippen LogP contribution >= 0.6 is 0 Å². The Morgan fingerprint density at radius 2 is 2.30 bits per heavy atom. The van der Waals surface area contributed by atoms with E-state index in [1.54, 1.807) is 0 Å². The normalized spacial score (nSPS) is 16.9. The van der Waals surface area contributed by atoms with Crippen LogP contribution in [0.15, 0.2) is 0 Å². The van der Waals surface area contributed by atoms with Crippen LogP contribution in [0.2, 0.25) is 0 Å². The predicted octanol–water partition coefficient (Wildman–Crippen LogP) is 0.612. The molecule has 1 aliphatic carbocycles. The van der Waals surface area contributed by atoms with Crippen LogP contribution < -0.4 is 5.73 Å². The van der Waals surface area contributed by atoms with Crippen LogP contribution in [-0.2, 0) is 0 Å². The number of hydrogen-bond acceptors (Lipinski definition) is 1. The van der Waals surface area contributed by atoms with Crippen LogP contribution in [-0.4, -0.2) is 23.9 Å². The molecular weight excluding hydrogens is 126 g/mol. The highest BCUT2D eigenvalue weighted by molar-refractivity contribution is 5.74. The van der Waals surface area contributed by atoms with Gasteiger partial charge in [-0.3, -0.25) is 5.41 Å². The van der Waals surface area contributed by atoms with Gasteiger partial charge in [0.15, 0.2) is 5.96 Å². The first kappa shape index (κ1) is 7.38. The summed E-state index contributed by atoms with van der Waals surface area (Å²) in [4.78, 5) is 1.91. The Balaban J connectivity index is 2.24. The number of rotatable bonds is 3. The summed E-state index contributed by atoms with van der Waals surface area (Å²) in [6.45, 7) is 3.89. The van der Waals surface area contributed by atoms with Gasteiger partial charge in [-0.1, -0.05) is 0 Å². The van der Waals surface area contributed by atoms with Crippen LogP contribution in [0, 0.1) is 11.3 Å². The van der Waals surface area contributed by atoms with Gasteiger partial charge in [0.25, 0.3) is 0 Å². The molecule has 0 aromatic rings. The van der Waals surface area contributed by atoms with Gasteiger partial charge in [0.1, 0.15) is 0 Å². The topological polar surface area (TPSA) is 53.1 Å². The molecule has 3 nitrogen and oxygen atoms in total. The van der Waals surface area contributed by atoms with Crippen LogP contribution in [0.3, 0.4) is 0 Å². The summed E-state index contributed by atoms with van der Waals surface area (Å²) in [6, 6.07) is 0. The van der Waals surface area contributed by atoms with Crippen molar-refractivity contribution in [1.29, 1.82) is 5.41 Å². The summed E-state index contributed by atoms with van der Waals surface area (Å²) in [5.41, 5.74) is 5.33. The maximum atomic E-state index is 7.18. The number of nitrogens with zero attached hydrogens (tertiary/aromatic N) is 1. The molecule has 0 radical (unpaired) electrons. The first-order valence-electron chi connectivity index (χ1n) is 3.83. The lowest BCUT2D eigenvalue weighted by Gasteiger charge is -2.19. The van der Waals surface area contributed by atoms with Crippen molar-refractivity contribution in [1.82, 2.24) is 4.90 Å². The zero-order valence-electron chi connectivity index (χ0n) is 6.43. The fourth-order valence-electron chi connectivity index (χ4n) is 1.01. The van der Waals surface area contributed by atoms with Gasteiger partial charge in [-0.05, 0) is 25.7 Å². The van der Waals surface area contributed by atoms with Crippen LogP contribution in [0.4, 0.5) is 0 Å². The SMILES string of the molecule is CCN(CC1CC1)C(=N)N. The predicted molar refractivity (Wildman–Crippen MR) is 41.9 cm³/mol. The van der Waals surface area contributed by atoms with Crippen molar-refractivity contribution >= 4 is 5.96 Å². The van der Waals surface area contributed by atoms with Crippen molar-refractivity contribution in [3.8, 4) is 0 Å². The number of nitrogens with two attached hydrogens (primary N) is 1. The molecule has 58 valence electrons. The first-order chi connectivity index (χ1) is 4.74. The lowest BCUT2D eigenvalue weighted by Crippen LogP contribution is -2.37. The molecule has 0 atom stereocenters. The largest absolute Gasteiger partial charge is 0.370 e. The second-order valence-corrected chi connectivity index (χ2v) is 2.87. The standard InChI is InChI=1S/C7H15N3/c1-2-10(7(8)9)5-6-3-4-6/h6H,2-5H2,1H3,(H3,8,9). The smallest absolute Gasteiger partial charge is 0.188 e. The molecule has 0 amide bonds. The minimum atomic E-state index is 0.217. The Bertz CT molecular complexity index is 129. The van der Waals surface area contributed by atoms with E-state index in [2.05, 4.69) is 0 Å². The van der Waals surface area contributed by atoms with Gasteiger partial charge < -0.3 is 10.6 Å². The molecule has 1 rings (SSSR count). The number of nitrogens with one attached hydrogen (secondary N) is 1. The van der Waals surface area contributed by atoms with Gasteiger partial charge in [0.2, 0.25) is 0 Å². The van der Waals surface area contributed by atoms with Gasteiger partial charge in [0, 0.05) is 13.1 Å². The molecule has 0 heterocycles. The van der Waals surface area contributed by atoms with Crippen molar-refractivity contribution < 1.29 is 0 Å². The zero-order chi connectivity index (χ0) is 7.56. The van der Waals surface area contributed by atoms with Gasteiger partial charge in [-0.2, -0.15) is 0 Å². The molecule has 3 heteroatoms. The van der Waals surface area contributed by atoms with E-state index in [4.69, 9.17) is 11.1 Å². The third kappa shape index (κ3) is 1.90. The minimum Gasteiger partial charge on any atom is -0.370 e. The molecule has 0 aromatic heterocycles. The lowest BCUT2D eigenvalue weighted by molar-refractivity contribution is 0.412.